The van der Waals surface area contributed by atoms with Crippen molar-refractivity contribution in [1.82, 2.24) is 0 Å². The van der Waals surface area contributed by atoms with Crippen molar-refractivity contribution in [2.45, 2.75) is 25.7 Å². The number of hydrogen-bond donors (Lipinski definition) is 2. The van der Waals surface area contributed by atoms with Gasteiger partial charge < -0.3 is 14.9 Å². The summed E-state index contributed by atoms with van der Waals surface area (Å²) in [6, 6.07) is 0. The third-order valence-corrected chi connectivity index (χ3v) is 1.26. The summed E-state index contributed by atoms with van der Waals surface area (Å²) in [6.07, 6.45) is 6.45. The van der Waals surface area contributed by atoms with Crippen LogP contribution in [0.1, 0.15) is 25.7 Å². The van der Waals surface area contributed by atoms with Crippen LogP contribution in [0.4, 0.5) is 0 Å². The maximum atomic E-state index is 8.30. The van der Waals surface area contributed by atoms with Crippen LogP contribution >= 0.6 is 0 Å². The number of aliphatic hydroxyl groups excluding tert-OH is 2. The van der Waals surface area contributed by atoms with Crippen molar-refractivity contribution < 1.29 is 14.9 Å². The minimum absolute atomic E-state index is 0.283. The summed E-state index contributed by atoms with van der Waals surface area (Å²) in [5.41, 5.74) is 0. The van der Waals surface area contributed by atoms with Crippen molar-refractivity contribution in [2.75, 3.05) is 13.2 Å². The van der Waals surface area contributed by atoms with Gasteiger partial charge in [-0.3, -0.25) is 0 Å². The quantitative estimate of drug-likeness (QED) is 0.473. The minimum Gasteiger partial charge on any atom is -0.474 e. The van der Waals surface area contributed by atoms with Crippen molar-refractivity contribution in [3.63, 3.8) is 0 Å². The van der Waals surface area contributed by atoms with Crippen molar-refractivity contribution in [1.29, 1.82) is 0 Å². The molecule has 0 rings (SSSR count). The van der Waals surface area contributed by atoms with Crippen LogP contribution in [0, 0.1) is 0 Å². The van der Waals surface area contributed by atoms with Crippen LogP contribution in [0.25, 0.3) is 0 Å². The van der Waals surface area contributed by atoms with Crippen LogP contribution in [0.3, 0.4) is 0 Å². The van der Waals surface area contributed by atoms with Gasteiger partial charge in [-0.2, -0.15) is 0 Å². The van der Waals surface area contributed by atoms with Crippen LogP contribution in [-0.2, 0) is 4.74 Å². The number of rotatable bonds is 7. The topological polar surface area (TPSA) is 49.7 Å². The second kappa shape index (κ2) is 17.3. The summed E-state index contributed by atoms with van der Waals surface area (Å²) in [7, 11) is 0. The molecule has 0 radical (unpaired) electrons. The molecule has 0 bridgehead atoms. The van der Waals surface area contributed by atoms with E-state index in [1.54, 1.807) is 0 Å². The first-order valence-electron chi connectivity index (χ1n) is 4.42. The molecule has 0 aliphatic rings. The molecule has 13 heavy (non-hydrogen) atoms. The van der Waals surface area contributed by atoms with E-state index in [1.807, 2.05) is 0 Å². The molecular weight excluding hydrogens is 168 g/mol. The Hall–Kier alpha value is -0.800. The van der Waals surface area contributed by atoms with Crippen molar-refractivity contribution in [3.8, 4) is 0 Å². The second-order valence-corrected chi connectivity index (χ2v) is 2.33. The Morgan fingerprint density at radius 1 is 0.846 bits per heavy atom. The molecule has 0 fully saturated rings. The first-order chi connectivity index (χ1) is 6.33. The molecular formula is C10H20O3. The fourth-order valence-electron chi connectivity index (χ4n) is 0.645. The van der Waals surface area contributed by atoms with E-state index in [-0.39, 0.29) is 13.2 Å². The van der Waals surface area contributed by atoms with Gasteiger partial charge in [-0.05, 0) is 12.8 Å². The third-order valence-electron chi connectivity index (χ3n) is 1.26. The highest BCUT2D eigenvalue weighted by Gasteiger charge is 1.84. The minimum atomic E-state index is 0.283. The van der Waals surface area contributed by atoms with Crippen LogP contribution in [-0.4, -0.2) is 23.4 Å². The summed E-state index contributed by atoms with van der Waals surface area (Å²) in [5.74, 6) is 0. The summed E-state index contributed by atoms with van der Waals surface area (Å²) >= 11 is 0. The zero-order valence-electron chi connectivity index (χ0n) is 8.11. The van der Waals surface area contributed by atoms with Gasteiger partial charge in [-0.1, -0.05) is 26.0 Å². The normalized spacial score (nSPS) is 8.15. The molecule has 0 aromatic carbocycles. The molecule has 0 saturated heterocycles. The summed E-state index contributed by atoms with van der Waals surface area (Å²) < 4.78 is 4.36. The van der Waals surface area contributed by atoms with Gasteiger partial charge in [0.1, 0.15) is 0 Å². The summed E-state index contributed by atoms with van der Waals surface area (Å²) in [5, 5.41) is 16.6. The zero-order valence-corrected chi connectivity index (χ0v) is 8.11. The van der Waals surface area contributed by atoms with Crippen LogP contribution in [0.2, 0.25) is 0 Å². The highest BCUT2D eigenvalue weighted by molar-refractivity contribution is 4.57. The zero-order chi connectivity index (χ0) is 10.4. The number of ether oxygens (including phenoxy) is 1. The van der Waals surface area contributed by atoms with Crippen molar-refractivity contribution in [3.05, 3.63) is 25.7 Å². The van der Waals surface area contributed by atoms with Crippen LogP contribution < -0.4 is 0 Å². The Labute approximate surface area is 80.4 Å². The van der Waals surface area contributed by atoms with E-state index >= 15 is 0 Å². The van der Waals surface area contributed by atoms with E-state index in [0.29, 0.717) is 0 Å². The average Bonchev–Trinajstić information content (AvgIpc) is 2.15. The van der Waals surface area contributed by atoms with Crippen LogP contribution in [0.5, 0.6) is 0 Å². The van der Waals surface area contributed by atoms with Crippen LogP contribution in [0.15, 0.2) is 25.7 Å². The molecule has 0 aliphatic carbocycles. The smallest absolute Gasteiger partial charge is 0.0829 e. The predicted octanol–water partition coefficient (Wildman–Crippen LogP) is 1.82. The maximum absolute atomic E-state index is 8.30. The SMILES string of the molecule is C=COC=C.OCCCCCCO. The van der Waals surface area contributed by atoms with Gasteiger partial charge >= 0.3 is 0 Å². The van der Waals surface area contributed by atoms with Gasteiger partial charge in [0.05, 0.1) is 12.5 Å². The van der Waals surface area contributed by atoms with Crippen molar-refractivity contribution >= 4 is 0 Å². The molecule has 0 heterocycles. The Bertz CT molecular complexity index is 90.3. The Balaban J connectivity index is 0. The Morgan fingerprint density at radius 2 is 1.23 bits per heavy atom. The van der Waals surface area contributed by atoms with Crippen molar-refractivity contribution in [2.24, 2.45) is 0 Å². The molecule has 3 heteroatoms. The summed E-state index contributed by atoms with van der Waals surface area (Å²) in [4.78, 5) is 0. The monoisotopic (exact) mass is 188 g/mol. The fraction of sp³-hybridized carbons (Fsp3) is 0.600. The van der Waals surface area contributed by atoms with Gasteiger partial charge in [0.2, 0.25) is 0 Å². The Morgan fingerprint density at radius 3 is 1.38 bits per heavy atom. The molecule has 0 spiro atoms. The number of hydrogen-bond acceptors (Lipinski definition) is 3. The van der Waals surface area contributed by atoms with E-state index in [2.05, 4.69) is 17.9 Å². The van der Waals surface area contributed by atoms with Gasteiger partial charge in [0.25, 0.3) is 0 Å². The lowest BCUT2D eigenvalue weighted by Crippen LogP contribution is -1.85. The number of unbranched alkanes of at least 4 members (excludes halogenated alkanes) is 3. The van der Waals surface area contributed by atoms with E-state index in [1.165, 1.54) is 12.5 Å². The van der Waals surface area contributed by atoms with Gasteiger partial charge in [-0.25, -0.2) is 0 Å². The molecule has 0 amide bonds. The molecule has 0 aromatic rings. The van der Waals surface area contributed by atoms with Gasteiger partial charge in [-0.15, -0.1) is 0 Å². The molecule has 0 atom stereocenters. The molecule has 2 N–H and O–H groups in total. The highest BCUT2D eigenvalue weighted by Crippen LogP contribution is 1.96. The van der Waals surface area contributed by atoms with E-state index in [4.69, 9.17) is 10.2 Å². The lowest BCUT2D eigenvalue weighted by Gasteiger charge is -1.93. The van der Waals surface area contributed by atoms with E-state index in [0.717, 1.165) is 25.7 Å². The van der Waals surface area contributed by atoms with E-state index in [9.17, 15) is 0 Å². The van der Waals surface area contributed by atoms with Gasteiger partial charge in [0, 0.05) is 13.2 Å². The first kappa shape index (κ1) is 14.7. The fourth-order valence-corrected chi connectivity index (χ4v) is 0.645. The molecule has 3 nitrogen and oxygen atoms in total. The molecule has 0 aromatic heterocycles. The largest absolute Gasteiger partial charge is 0.474 e. The second-order valence-electron chi connectivity index (χ2n) is 2.33. The predicted molar refractivity (Wildman–Crippen MR) is 54.1 cm³/mol. The Kier molecular flexibility index (Phi) is 19.6. The molecule has 0 aliphatic heterocycles. The lowest BCUT2D eigenvalue weighted by atomic mass is 10.2. The highest BCUT2D eigenvalue weighted by atomic mass is 16.5. The molecule has 0 unspecified atom stereocenters. The lowest BCUT2D eigenvalue weighted by molar-refractivity contribution is 0.265. The average molecular weight is 188 g/mol. The van der Waals surface area contributed by atoms with E-state index < -0.39 is 0 Å². The number of aliphatic hydroxyl groups is 2. The third kappa shape index (κ3) is 24.7. The standard InChI is InChI=1S/C6H14O2.C4H6O/c7-5-3-1-2-4-6-8;1-3-5-4-2/h7-8H,1-6H2;3-4H,1-2H2. The van der Waals surface area contributed by atoms with Gasteiger partial charge in [0.15, 0.2) is 0 Å². The first-order valence-corrected chi connectivity index (χ1v) is 4.42. The maximum Gasteiger partial charge on any atom is 0.0829 e. The molecule has 78 valence electrons. The molecule has 0 saturated carbocycles. The summed E-state index contributed by atoms with van der Waals surface area (Å²) in [6.45, 7) is 7.08.